The average molecular weight is 323 g/mol. The van der Waals surface area contributed by atoms with Crippen molar-refractivity contribution in [1.82, 2.24) is 4.90 Å². The number of nitrogens with one attached hydrogen (secondary N) is 1. The second-order valence-electron chi connectivity index (χ2n) is 5.40. The smallest absolute Gasteiger partial charge is 0.321 e. The molecule has 1 N–H and O–H groups in total. The van der Waals surface area contributed by atoms with Crippen LogP contribution in [-0.4, -0.2) is 31.1 Å². The molecule has 2 amide bonds. The maximum atomic E-state index is 12.1. The number of ether oxygens (including phenoxy) is 1. The summed E-state index contributed by atoms with van der Waals surface area (Å²) in [5.41, 5.74) is 1.65. The van der Waals surface area contributed by atoms with Gasteiger partial charge in [-0.15, -0.1) is 0 Å². The van der Waals surface area contributed by atoms with Gasteiger partial charge in [0.2, 0.25) is 0 Å². The van der Waals surface area contributed by atoms with Crippen LogP contribution in [0.25, 0.3) is 0 Å². The monoisotopic (exact) mass is 323 g/mol. The summed E-state index contributed by atoms with van der Waals surface area (Å²) in [6.45, 7) is 1.16. The molecule has 0 saturated carbocycles. The normalized spacial score (nSPS) is 9.83. The lowest BCUT2D eigenvalue weighted by Crippen LogP contribution is -2.32. The number of rotatable bonds is 7. The van der Waals surface area contributed by atoms with E-state index < -0.39 is 0 Å². The maximum Gasteiger partial charge on any atom is 0.321 e. The van der Waals surface area contributed by atoms with Crippen LogP contribution in [0, 0.1) is 11.3 Å². The van der Waals surface area contributed by atoms with Crippen LogP contribution >= 0.6 is 0 Å². The lowest BCUT2D eigenvalue weighted by Gasteiger charge is -2.18. The molecule has 0 aliphatic heterocycles. The predicted molar refractivity (Wildman–Crippen MR) is 94.0 cm³/mol. The minimum Gasteiger partial charge on any atom is -0.494 e. The molecule has 0 aromatic heterocycles. The largest absolute Gasteiger partial charge is 0.494 e. The van der Waals surface area contributed by atoms with Crippen molar-refractivity contribution >= 4 is 11.7 Å². The molecule has 24 heavy (non-hydrogen) atoms. The highest BCUT2D eigenvalue weighted by atomic mass is 16.5. The van der Waals surface area contributed by atoms with Gasteiger partial charge >= 0.3 is 6.03 Å². The van der Waals surface area contributed by atoms with Gasteiger partial charge in [-0.2, -0.15) is 5.26 Å². The molecule has 0 radical (unpaired) electrons. The molecule has 0 aliphatic rings. The lowest BCUT2D eigenvalue weighted by molar-refractivity contribution is 0.216. The molecule has 0 spiro atoms. The zero-order chi connectivity index (χ0) is 17.2. The highest BCUT2D eigenvalue weighted by Gasteiger charge is 2.08. The van der Waals surface area contributed by atoms with Crippen LogP contribution in [-0.2, 0) is 6.42 Å². The van der Waals surface area contributed by atoms with E-state index in [0.29, 0.717) is 25.3 Å². The van der Waals surface area contributed by atoms with E-state index in [1.807, 2.05) is 42.5 Å². The van der Waals surface area contributed by atoms with E-state index in [2.05, 4.69) is 11.4 Å². The molecule has 2 rings (SSSR count). The van der Waals surface area contributed by atoms with Gasteiger partial charge in [-0.3, -0.25) is 0 Å². The number of carbonyl (C=O) groups excluding carboxylic acids is 1. The third kappa shape index (κ3) is 5.65. The van der Waals surface area contributed by atoms with Crippen LogP contribution in [0.5, 0.6) is 5.75 Å². The highest BCUT2D eigenvalue weighted by Crippen LogP contribution is 2.11. The topological polar surface area (TPSA) is 65.4 Å². The quantitative estimate of drug-likeness (QED) is 0.790. The summed E-state index contributed by atoms with van der Waals surface area (Å²) >= 11 is 0. The second-order valence-corrected chi connectivity index (χ2v) is 5.40. The summed E-state index contributed by atoms with van der Waals surface area (Å²) in [5.74, 6) is 0.835. The third-order valence-corrected chi connectivity index (χ3v) is 3.48. The number of para-hydroxylation sites is 1. The summed E-state index contributed by atoms with van der Waals surface area (Å²) in [5, 5.41) is 11.5. The van der Waals surface area contributed by atoms with Crippen molar-refractivity contribution in [2.24, 2.45) is 0 Å². The third-order valence-electron chi connectivity index (χ3n) is 3.48. The van der Waals surface area contributed by atoms with Crippen molar-refractivity contribution < 1.29 is 9.53 Å². The Morgan fingerprint density at radius 3 is 2.54 bits per heavy atom. The van der Waals surface area contributed by atoms with Crippen molar-refractivity contribution in [2.45, 2.75) is 12.8 Å². The molecular weight excluding hydrogens is 302 g/mol. The second kappa shape index (κ2) is 9.21. The molecule has 0 heterocycles. The summed E-state index contributed by atoms with van der Waals surface area (Å²) in [6.07, 6.45) is 1.12. The highest BCUT2D eigenvalue weighted by molar-refractivity contribution is 5.89. The van der Waals surface area contributed by atoms with Crippen LogP contribution in [0.4, 0.5) is 10.5 Å². The first-order valence-electron chi connectivity index (χ1n) is 7.85. The fraction of sp³-hybridized carbons (Fsp3) is 0.263. The fourth-order valence-electron chi connectivity index (χ4n) is 2.13. The van der Waals surface area contributed by atoms with Gasteiger partial charge in [0.05, 0.1) is 19.1 Å². The van der Waals surface area contributed by atoms with Crippen molar-refractivity contribution in [2.75, 3.05) is 25.5 Å². The van der Waals surface area contributed by atoms with Crippen molar-refractivity contribution in [3.8, 4) is 11.8 Å². The Morgan fingerprint density at radius 1 is 1.17 bits per heavy atom. The molecule has 0 fully saturated rings. The number of nitriles is 1. The number of benzene rings is 2. The molecule has 5 heteroatoms. The van der Waals surface area contributed by atoms with Crippen molar-refractivity contribution in [3.05, 3.63) is 60.2 Å². The van der Waals surface area contributed by atoms with Crippen LogP contribution in [0.15, 0.2) is 54.6 Å². The van der Waals surface area contributed by atoms with Crippen LogP contribution in [0.2, 0.25) is 0 Å². The molecular formula is C19H21N3O2. The van der Waals surface area contributed by atoms with Gasteiger partial charge in [0, 0.05) is 19.3 Å². The first-order valence-corrected chi connectivity index (χ1v) is 7.85. The summed E-state index contributed by atoms with van der Waals surface area (Å²) in [7, 11) is 1.75. The van der Waals surface area contributed by atoms with Gasteiger partial charge < -0.3 is 15.0 Å². The van der Waals surface area contributed by atoms with Gasteiger partial charge in [0.15, 0.2) is 0 Å². The Kier molecular flexibility index (Phi) is 6.66. The zero-order valence-electron chi connectivity index (χ0n) is 13.7. The molecule has 5 nitrogen and oxygen atoms in total. The summed E-state index contributed by atoms with van der Waals surface area (Å²) in [4.78, 5) is 13.7. The molecule has 0 unspecified atom stereocenters. The molecule has 0 saturated heterocycles. The average Bonchev–Trinajstić information content (AvgIpc) is 2.61. The minimum atomic E-state index is -0.164. The zero-order valence-corrected chi connectivity index (χ0v) is 13.7. The molecule has 0 bridgehead atoms. The fourth-order valence-corrected chi connectivity index (χ4v) is 2.13. The molecule has 2 aromatic carbocycles. The van der Waals surface area contributed by atoms with E-state index in [1.54, 1.807) is 24.1 Å². The lowest BCUT2D eigenvalue weighted by atomic mass is 10.1. The molecule has 2 aromatic rings. The van der Waals surface area contributed by atoms with E-state index >= 15 is 0 Å². The van der Waals surface area contributed by atoms with E-state index in [0.717, 1.165) is 17.7 Å². The molecule has 0 atom stereocenters. The van der Waals surface area contributed by atoms with Gasteiger partial charge in [0.25, 0.3) is 0 Å². The number of amides is 2. The number of nitrogens with zero attached hydrogens (tertiary/aromatic N) is 2. The van der Waals surface area contributed by atoms with Gasteiger partial charge in [0.1, 0.15) is 5.75 Å². The number of urea groups is 1. The Bertz CT molecular complexity index is 678. The Morgan fingerprint density at radius 2 is 1.88 bits per heavy atom. The molecule has 124 valence electrons. The van der Waals surface area contributed by atoms with Crippen LogP contribution in [0.3, 0.4) is 0 Å². The summed E-state index contributed by atoms with van der Waals surface area (Å²) in [6, 6.07) is 18.8. The first-order chi connectivity index (χ1) is 11.7. The Labute approximate surface area is 142 Å². The molecule has 0 aliphatic carbocycles. The minimum absolute atomic E-state index is 0.164. The van der Waals surface area contributed by atoms with E-state index in [-0.39, 0.29) is 6.03 Å². The van der Waals surface area contributed by atoms with E-state index in [9.17, 15) is 4.79 Å². The SMILES string of the molecule is CN(CCCOc1ccccc1)C(=O)Nc1ccc(CC#N)cc1. The standard InChI is InChI=1S/C19H21N3O2/c1-22(14-5-15-24-18-6-3-2-4-7-18)19(23)21-17-10-8-16(9-11-17)12-13-20/h2-4,6-11H,5,12,14-15H2,1H3,(H,21,23). The predicted octanol–water partition coefficient (Wildman–Crippen LogP) is 3.69. The number of anilines is 1. The van der Waals surface area contributed by atoms with E-state index in [4.69, 9.17) is 10.00 Å². The van der Waals surface area contributed by atoms with Gasteiger partial charge in [-0.1, -0.05) is 30.3 Å². The number of carbonyl (C=O) groups is 1. The van der Waals surface area contributed by atoms with Gasteiger partial charge in [-0.05, 0) is 36.2 Å². The first kappa shape index (κ1) is 17.4. The van der Waals surface area contributed by atoms with E-state index in [1.165, 1.54) is 0 Å². The Hall–Kier alpha value is -3.00. The maximum absolute atomic E-state index is 12.1. The van der Waals surface area contributed by atoms with Gasteiger partial charge in [-0.25, -0.2) is 4.79 Å². The van der Waals surface area contributed by atoms with Crippen LogP contribution in [0.1, 0.15) is 12.0 Å². The Balaban J connectivity index is 1.70. The number of hydrogen-bond acceptors (Lipinski definition) is 3. The van der Waals surface area contributed by atoms with Crippen molar-refractivity contribution in [1.29, 1.82) is 5.26 Å². The van der Waals surface area contributed by atoms with Crippen molar-refractivity contribution in [3.63, 3.8) is 0 Å². The summed E-state index contributed by atoms with van der Waals surface area (Å²) < 4.78 is 5.61. The number of hydrogen-bond donors (Lipinski definition) is 1. The van der Waals surface area contributed by atoms with Crippen LogP contribution < -0.4 is 10.1 Å².